The van der Waals surface area contributed by atoms with Gasteiger partial charge in [0.1, 0.15) is 11.6 Å². The van der Waals surface area contributed by atoms with Crippen molar-refractivity contribution in [3.05, 3.63) is 38.9 Å². The molecule has 0 aliphatic heterocycles. The van der Waals surface area contributed by atoms with Crippen molar-refractivity contribution in [3.8, 4) is 0 Å². The number of aliphatic hydroxyl groups is 1. The van der Waals surface area contributed by atoms with E-state index in [9.17, 15) is 19.7 Å². The molecule has 9 heteroatoms. The van der Waals surface area contributed by atoms with Crippen molar-refractivity contribution in [1.29, 1.82) is 0 Å². The van der Waals surface area contributed by atoms with Gasteiger partial charge >= 0.3 is 5.97 Å². The summed E-state index contributed by atoms with van der Waals surface area (Å²) in [4.78, 5) is 32.8. The van der Waals surface area contributed by atoms with E-state index in [2.05, 4.69) is 5.32 Å². The summed E-state index contributed by atoms with van der Waals surface area (Å²) in [5.74, 6) is -2.27. The minimum atomic E-state index is -1.34. The van der Waals surface area contributed by atoms with Gasteiger partial charge in [-0.25, -0.2) is 4.79 Å². The van der Waals surface area contributed by atoms with E-state index in [0.717, 1.165) is 12.1 Å². The van der Waals surface area contributed by atoms with Gasteiger partial charge in [0.15, 0.2) is 0 Å². The van der Waals surface area contributed by atoms with Gasteiger partial charge < -0.3 is 15.5 Å². The van der Waals surface area contributed by atoms with Gasteiger partial charge in [0.25, 0.3) is 11.6 Å². The fourth-order valence-corrected chi connectivity index (χ4v) is 1.64. The molecule has 0 heterocycles. The Kier molecular flexibility index (Phi) is 5.42. The first-order chi connectivity index (χ1) is 9.36. The maximum atomic E-state index is 11.9. The average molecular weight is 303 g/mol. The summed E-state index contributed by atoms with van der Waals surface area (Å²) < 4.78 is 0. The van der Waals surface area contributed by atoms with Gasteiger partial charge in [-0.2, -0.15) is 0 Å². The van der Waals surface area contributed by atoms with Crippen LogP contribution in [-0.4, -0.2) is 39.7 Å². The summed E-state index contributed by atoms with van der Waals surface area (Å²) in [6.07, 6.45) is -0.206. The van der Waals surface area contributed by atoms with E-state index in [1.807, 2.05) is 0 Å². The van der Waals surface area contributed by atoms with Crippen molar-refractivity contribution in [1.82, 2.24) is 5.32 Å². The van der Waals surface area contributed by atoms with Crippen LogP contribution in [0.25, 0.3) is 0 Å². The highest BCUT2D eigenvalue weighted by molar-refractivity contribution is 6.31. The van der Waals surface area contributed by atoms with Crippen LogP contribution in [-0.2, 0) is 4.79 Å². The predicted molar refractivity (Wildman–Crippen MR) is 68.7 cm³/mol. The van der Waals surface area contributed by atoms with Crippen molar-refractivity contribution >= 4 is 29.2 Å². The smallest absolute Gasteiger partial charge is 0.326 e. The highest BCUT2D eigenvalue weighted by Gasteiger charge is 2.25. The highest BCUT2D eigenvalue weighted by Crippen LogP contribution is 2.23. The molecule has 0 radical (unpaired) electrons. The molecule has 1 atom stereocenters. The van der Waals surface area contributed by atoms with Crippen LogP contribution in [0.15, 0.2) is 18.2 Å². The Morgan fingerprint density at radius 1 is 1.45 bits per heavy atom. The van der Waals surface area contributed by atoms with Crippen LogP contribution in [0, 0.1) is 10.1 Å². The Morgan fingerprint density at radius 3 is 2.60 bits per heavy atom. The molecule has 0 aromatic heterocycles. The number of aliphatic hydroxyl groups excluding tert-OH is 1. The molecule has 108 valence electrons. The van der Waals surface area contributed by atoms with E-state index in [1.54, 1.807) is 0 Å². The van der Waals surface area contributed by atoms with E-state index in [0.29, 0.717) is 0 Å². The number of nitro benzene ring substituents is 1. The zero-order chi connectivity index (χ0) is 15.3. The van der Waals surface area contributed by atoms with Gasteiger partial charge in [-0.05, 0) is 12.1 Å². The molecule has 1 aromatic carbocycles. The molecule has 0 fully saturated rings. The molecule has 20 heavy (non-hydrogen) atoms. The van der Waals surface area contributed by atoms with Gasteiger partial charge in [0.2, 0.25) is 0 Å². The lowest BCUT2D eigenvalue weighted by Crippen LogP contribution is -2.41. The third-order valence-corrected chi connectivity index (χ3v) is 2.66. The molecule has 8 nitrogen and oxygen atoms in total. The standard InChI is InChI=1S/C11H11ClN2O6/c12-6-1-2-7(9(5-6)14(19)20)10(16)13-8(3-4-15)11(17)18/h1-2,5,8,15H,3-4H2,(H,13,16)(H,17,18). The van der Waals surface area contributed by atoms with Crippen LogP contribution in [0.2, 0.25) is 5.02 Å². The van der Waals surface area contributed by atoms with Gasteiger partial charge in [0.05, 0.1) is 4.92 Å². The zero-order valence-electron chi connectivity index (χ0n) is 10.1. The molecule has 1 rings (SSSR count). The van der Waals surface area contributed by atoms with E-state index in [4.69, 9.17) is 21.8 Å². The maximum Gasteiger partial charge on any atom is 0.326 e. The molecule has 0 saturated carbocycles. The van der Waals surface area contributed by atoms with Gasteiger partial charge in [-0.1, -0.05) is 11.6 Å². The number of aliphatic carboxylic acids is 1. The minimum Gasteiger partial charge on any atom is -0.480 e. The number of hydrogen-bond donors (Lipinski definition) is 3. The lowest BCUT2D eigenvalue weighted by Gasteiger charge is -2.13. The molecule has 0 bridgehead atoms. The number of carbonyl (C=O) groups excluding carboxylic acids is 1. The number of hydrogen-bond acceptors (Lipinski definition) is 5. The normalized spacial score (nSPS) is 11.7. The third-order valence-electron chi connectivity index (χ3n) is 2.42. The summed E-state index contributed by atoms with van der Waals surface area (Å²) in [6.45, 7) is -0.444. The number of amides is 1. The number of nitro groups is 1. The van der Waals surface area contributed by atoms with Crippen LogP contribution in [0.1, 0.15) is 16.8 Å². The van der Waals surface area contributed by atoms with E-state index >= 15 is 0 Å². The van der Waals surface area contributed by atoms with E-state index < -0.39 is 35.1 Å². The second-order valence-corrected chi connectivity index (χ2v) is 4.23. The topological polar surface area (TPSA) is 130 Å². The van der Waals surface area contributed by atoms with Crippen molar-refractivity contribution in [2.75, 3.05) is 6.61 Å². The third kappa shape index (κ3) is 3.90. The van der Waals surface area contributed by atoms with Crippen LogP contribution in [0.4, 0.5) is 5.69 Å². The van der Waals surface area contributed by atoms with Crippen molar-refractivity contribution in [2.24, 2.45) is 0 Å². The minimum absolute atomic E-state index is 0.0818. The number of nitrogens with one attached hydrogen (secondary N) is 1. The molecule has 3 N–H and O–H groups in total. The van der Waals surface area contributed by atoms with Gasteiger partial charge in [-0.15, -0.1) is 0 Å². The lowest BCUT2D eigenvalue weighted by atomic mass is 10.1. The Morgan fingerprint density at radius 2 is 2.10 bits per heavy atom. The maximum absolute atomic E-state index is 11.9. The summed E-state index contributed by atoms with van der Waals surface area (Å²) in [6, 6.07) is 2.08. The molecule has 0 spiro atoms. The fourth-order valence-electron chi connectivity index (χ4n) is 1.47. The van der Waals surface area contributed by atoms with Crippen LogP contribution < -0.4 is 5.32 Å². The number of benzene rings is 1. The quantitative estimate of drug-likeness (QED) is 0.526. The molecule has 0 saturated heterocycles. The average Bonchev–Trinajstić information content (AvgIpc) is 2.37. The van der Waals surface area contributed by atoms with E-state index in [1.165, 1.54) is 6.07 Å². The fraction of sp³-hybridized carbons (Fsp3) is 0.273. The van der Waals surface area contributed by atoms with Crippen molar-refractivity contribution < 1.29 is 24.7 Å². The van der Waals surface area contributed by atoms with E-state index in [-0.39, 0.29) is 17.0 Å². The molecule has 0 aliphatic rings. The predicted octanol–water partition coefficient (Wildman–Crippen LogP) is 0.814. The summed E-state index contributed by atoms with van der Waals surface area (Å²) in [5, 5.41) is 30.6. The Hall–Kier alpha value is -2.19. The second kappa shape index (κ2) is 6.83. The first-order valence-corrected chi connectivity index (χ1v) is 5.83. The molecule has 1 aromatic rings. The van der Waals surface area contributed by atoms with Gasteiger partial charge in [0, 0.05) is 24.1 Å². The molecular weight excluding hydrogens is 292 g/mol. The molecule has 0 aliphatic carbocycles. The van der Waals surface area contributed by atoms with Crippen LogP contribution >= 0.6 is 11.6 Å². The number of nitrogens with zero attached hydrogens (tertiary/aromatic N) is 1. The van der Waals surface area contributed by atoms with Crippen molar-refractivity contribution in [2.45, 2.75) is 12.5 Å². The molecule has 1 unspecified atom stereocenters. The number of carboxylic acid groups (broad SMARTS) is 1. The van der Waals surface area contributed by atoms with Crippen molar-refractivity contribution in [3.63, 3.8) is 0 Å². The van der Waals surface area contributed by atoms with Crippen LogP contribution in [0.5, 0.6) is 0 Å². The number of rotatable bonds is 6. The first kappa shape index (κ1) is 15.9. The number of halogens is 1. The number of carboxylic acids is 1. The molecule has 1 amide bonds. The second-order valence-electron chi connectivity index (χ2n) is 3.80. The Labute approximate surface area is 118 Å². The van der Waals surface area contributed by atoms with Crippen LogP contribution in [0.3, 0.4) is 0 Å². The SMILES string of the molecule is O=C(NC(CCO)C(=O)O)c1ccc(Cl)cc1[N+](=O)[O-]. The largest absolute Gasteiger partial charge is 0.480 e. The Balaban J connectivity index is 3.03. The first-order valence-electron chi connectivity index (χ1n) is 5.45. The summed E-state index contributed by atoms with van der Waals surface area (Å²) in [5.41, 5.74) is -0.827. The van der Waals surface area contributed by atoms with Gasteiger partial charge in [-0.3, -0.25) is 14.9 Å². The monoisotopic (exact) mass is 302 g/mol. The zero-order valence-corrected chi connectivity index (χ0v) is 10.8. The lowest BCUT2D eigenvalue weighted by molar-refractivity contribution is -0.385. The summed E-state index contributed by atoms with van der Waals surface area (Å²) in [7, 11) is 0. The summed E-state index contributed by atoms with van der Waals surface area (Å²) >= 11 is 5.61. The highest BCUT2D eigenvalue weighted by atomic mass is 35.5. The molecular formula is C11H11ClN2O6. The Bertz CT molecular complexity index is 548. The number of carbonyl (C=O) groups is 2.